The Morgan fingerprint density at radius 2 is 1.67 bits per heavy atom. The molecule has 1 saturated heterocycles. The molecule has 3 aromatic rings. The maximum absolute atomic E-state index is 13.0. The predicted molar refractivity (Wildman–Crippen MR) is 156 cm³/mol. The molecule has 3 aromatic carbocycles. The van der Waals surface area contributed by atoms with Crippen LogP contribution in [0.2, 0.25) is 0 Å². The maximum Gasteiger partial charge on any atom is 0.416 e. The highest BCUT2D eigenvalue weighted by molar-refractivity contribution is 7.91. The Labute approximate surface area is 249 Å². The van der Waals surface area contributed by atoms with Crippen molar-refractivity contribution in [2.75, 3.05) is 37.0 Å². The normalized spacial score (nSPS) is 18.0. The van der Waals surface area contributed by atoms with Crippen molar-refractivity contribution in [1.29, 1.82) is 0 Å². The van der Waals surface area contributed by atoms with Gasteiger partial charge in [-0.05, 0) is 73.2 Å². The molecular weight excluding hydrogens is 585 g/mol. The van der Waals surface area contributed by atoms with E-state index in [-0.39, 0.29) is 29.4 Å². The van der Waals surface area contributed by atoms with Gasteiger partial charge in [-0.25, -0.2) is 8.42 Å². The van der Waals surface area contributed by atoms with Crippen LogP contribution in [0, 0.1) is 0 Å². The molecule has 1 aliphatic rings. The fourth-order valence-corrected chi connectivity index (χ4v) is 5.84. The summed E-state index contributed by atoms with van der Waals surface area (Å²) in [6.07, 6.45) is -4.10. The third kappa shape index (κ3) is 8.07. The number of hydrogen-bond acceptors (Lipinski definition) is 7. The molecular formula is C31H35F3N2O6S. The first-order chi connectivity index (χ1) is 20.4. The van der Waals surface area contributed by atoms with Gasteiger partial charge in [-0.15, -0.1) is 0 Å². The molecule has 0 radical (unpaired) electrons. The number of halogens is 3. The molecule has 0 aliphatic carbocycles. The Morgan fingerprint density at radius 3 is 2.23 bits per heavy atom. The Morgan fingerprint density at radius 1 is 1.02 bits per heavy atom. The van der Waals surface area contributed by atoms with Crippen LogP contribution < -0.4 is 15.0 Å². The van der Waals surface area contributed by atoms with Gasteiger partial charge in [0.05, 0.1) is 48.1 Å². The van der Waals surface area contributed by atoms with Gasteiger partial charge in [0, 0.05) is 24.3 Å². The molecule has 3 atom stereocenters. The zero-order valence-electron chi connectivity index (χ0n) is 23.9. The molecule has 232 valence electrons. The van der Waals surface area contributed by atoms with E-state index in [0.29, 0.717) is 43.1 Å². The standard InChI is InChI=1S/C31H35F3N2O6S/c1-3-41-20-25-17-27(42-26-13-9-23(10-14-26)31(32,33)34)18-36(25)24-11-5-22(6-12-24)30(38)35-29(19-37)21-7-15-28(16-8-21)43(39,40)4-2/h5-16,25,27,29,37H,3-4,17-20H2,1-2H3,(H,35,38)/t25-,27+,29?/m0/s1. The number of nitrogens with zero attached hydrogens (tertiary/aromatic N) is 1. The lowest BCUT2D eigenvalue weighted by molar-refractivity contribution is -0.137. The summed E-state index contributed by atoms with van der Waals surface area (Å²) in [6, 6.07) is 16.8. The average molecular weight is 621 g/mol. The number of amides is 1. The summed E-state index contributed by atoms with van der Waals surface area (Å²) in [5.41, 5.74) is 1.02. The highest BCUT2D eigenvalue weighted by Gasteiger charge is 2.34. The minimum absolute atomic E-state index is 0.0286. The number of aliphatic hydroxyl groups excluding tert-OH is 1. The van der Waals surface area contributed by atoms with Crippen molar-refractivity contribution in [1.82, 2.24) is 5.32 Å². The van der Waals surface area contributed by atoms with E-state index < -0.39 is 33.5 Å². The molecule has 0 bridgehead atoms. The molecule has 1 unspecified atom stereocenters. The number of alkyl halides is 3. The molecule has 1 aliphatic heterocycles. The van der Waals surface area contributed by atoms with Crippen LogP contribution in [0.1, 0.15) is 47.8 Å². The molecule has 0 aromatic heterocycles. The van der Waals surface area contributed by atoms with Gasteiger partial charge in [-0.3, -0.25) is 4.79 Å². The zero-order valence-corrected chi connectivity index (χ0v) is 24.7. The lowest BCUT2D eigenvalue weighted by atomic mass is 10.1. The van der Waals surface area contributed by atoms with Crippen LogP contribution in [-0.4, -0.2) is 63.7 Å². The Hall–Kier alpha value is -3.61. The highest BCUT2D eigenvalue weighted by Crippen LogP contribution is 2.32. The molecule has 12 heteroatoms. The van der Waals surface area contributed by atoms with Crippen molar-refractivity contribution in [3.63, 3.8) is 0 Å². The molecule has 8 nitrogen and oxygen atoms in total. The lowest BCUT2D eigenvalue weighted by Gasteiger charge is -2.26. The van der Waals surface area contributed by atoms with E-state index >= 15 is 0 Å². The minimum Gasteiger partial charge on any atom is -0.489 e. The second-order valence-corrected chi connectivity index (χ2v) is 12.5. The van der Waals surface area contributed by atoms with Crippen LogP contribution in [0.15, 0.2) is 77.7 Å². The van der Waals surface area contributed by atoms with E-state index in [1.807, 2.05) is 6.92 Å². The number of hydrogen-bond donors (Lipinski definition) is 2. The molecule has 0 spiro atoms. The van der Waals surface area contributed by atoms with E-state index in [9.17, 15) is 31.5 Å². The number of aliphatic hydroxyl groups is 1. The highest BCUT2D eigenvalue weighted by atomic mass is 32.2. The van der Waals surface area contributed by atoms with Crippen molar-refractivity contribution in [3.8, 4) is 5.75 Å². The van der Waals surface area contributed by atoms with Gasteiger partial charge in [-0.2, -0.15) is 13.2 Å². The molecule has 1 fully saturated rings. The number of carbonyl (C=O) groups excluding carboxylic acids is 1. The summed E-state index contributed by atoms with van der Waals surface area (Å²) in [4.78, 5) is 15.3. The molecule has 1 amide bonds. The largest absolute Gasteiger partial charge is 0.489 e. The van der Waals surface area contributed by atoms with Crippen LogP contribution >= 0.6 is 0 Å². The molecule has 43 heavy (non-hydrogen) atoms. The van der Waals surface area contributed by atoms with Gasteiger partial charge in [-0.1, -0.05) is 19.1 Å². The monoisotopic (exact) mass is 620 g/mol. The number of nitrogens with one attached hydrogen (secondary N) is 1. The van der Waals surface area contributed by atoms with Crippen LogP contribution in [0.25, 0.3) is 0 Å². The van der Waals surface area contributed by atoms with E-state index in [4.69, 9.17) is 9.47 Å². The van der Waals surface area contributed by atoms with Crippen molar-refractivity contribution in [3.05, 3.63) is 89.5 Å². The van der Waals surface area contributed by atoms with Gasteiger partial charge in [0.15, 0.2) is 9.84 Å². The van der Waals surface area contributed by atoms with Gasteiger partial charge in [0.2, 0.25) is 0 Å². The number of anilines is 1. The summed E-state index contributed by atoms with van der Waals surface area (Å²) in [6.45, 7) is 4.50. The zero-order chi connectivity index (χ0) is 31.2. The summed E-state index contributed by atoms with van der Waals surface area (Å²) in [5.74, 6) is -0.0900. The van der Waals surface area contributed by atoms with E-state index in [1.54, 1.807) is 43.3 Å². The average Bonchev–Trinajstić information content (AvgIpc) is 3.40. The molecule has 1 heterocycles. The van der Waals surface area contributed by atoms with E-state index in [1.165, 1.54) is 24.3 Å². The van der Waals surface area contributed by atoms with Crippen LogP contribution in [-0.2, 0) is 20.8 Å². The first-order valence-corrected chi connectivity index (χ1v) is 15.6. The third-order valence-corrected chi connectivity index (χ3v) is 9.10. The van der Waals surface area contributed by atoms with Crippen molar-refractivity contribution < 1.29 is 41.0 Å². The van der Waals surface area contributed by atoms with Crippen LogP contribution in [0.5, 0.6) is 5.75 Å². The SMILES string of the molecule is CCOC[C@@H]1C[C@@H](Oc2ccc(C(F)(F)F)cc2)CN1c1ccc(C(=O)NC(CO)c2ccc(S(=O)(=O)CC)cc2)cc1. The second-order valence-electron chi connectivity index (χ2n) is 10.2. The Balaban J connectivity index is 1.42. The van der Waals surface area contributed by atoms with Crippen molar-refractivity contribution in [2.45, 2.75) is 49.5 Å². The number of ether oxygens (including phenoxy) is 2. The Bertz CT molecular complexity index is 1460. The topological polar surface area (TPSA) is 105 Å². The first kappa shape index (κ1) is 32.3. The van der Waals surface area contributed by atoms with Crippen molar-refractivity contribution >= 4 is 21.4 Å². The predicted octanol–water partition coefficient (Wildman–Crippen LogP) is 5.03. The second kappa shape index (κ2) is 13.8. The lowest BCUT2D eigenvalue weighted by Crippen LogP contribution is -2.34. The summed E-state index contributed by atoms with van der Waals surface area (Å²) >= 11 is 0. The fraction of sp³-hybridized carbons (Fsp3) is 0.387. The third-order valence-electron chi connectivity index (χ3n) is 7.35. The van der Waals surface area contributed by atoms with Gasteiger partial charge >= 0.3 is 6.18 Å². The molecule has 4 rings (SSSR count). The number of benzene rings is 3. The minimum atomic E-state index is -4.42. The van der Waals surface area contributed by atoms with Gasteiger partial charge in [0.1, 0.15) is 11.9 Å². The van der Waals surface area contributed by atoms with E-state index in [2.05, 4.69) is 10.2 Å². The van der Waals surface area contributed by atoms with Gasteiger partial charge in [0.25, 0.3) is 5.91 Å². The summed E-state index contributed by atoms with van der Waals surface area (Å²) in [5, 5.41) is 12.7. The summed E-state index contributed by atoms with van der Waals surface area (Å²) in [7, 11) is -3.37. The summed E-state index contributed by atoms with van der Waals surface area (Å²) < 4.78 is 74.6. The first-order valence-electron chi connectivity index (χ1n) is 14.0. The van der Waals surface area contributed by atoms with Gasteiger partial charge < -0.3 is 24.8 Å². The van der Waals surface area contributed by atoms with Crippen LogP contribution in [0.3, 0.4) is 0 Å². The maximum atomic E-state index is 13.0. The molecule has 2 N–H and O–H groups in total. The van der Waals surface area contributed by atoms with Crippen molar-refractivity contribution in [2.24, 2.45) is 0 Å². The van der Waals surface area contributed by atoms with E-state index in [0.717, 1.165) is 17.8 Å². The molecule has 0 saturated carbocycles. The number of sulfone groups is 1. The number of carbonyl (C=O) groups is 1. The Kier molecular flexibility index (Phi) is 10.4. The smallest absolute Gasteiger partial charge is 0.416 e. The quantitative estimate of drug-likeness (QED) is 0.293. The fourth-order valence-electron chi connectivity index (χ4n) is 4.96. The van der Waals surface area contributed by atoms with Crippen LogP contribution in [0.4, 0.5) is 18.9 Å². The number of rotatable bonds is 12.